The first-order chi connectivity index (χ1) is 11.9. The van der Waals surface area contributed by atoms with Crippen molar-refractivity contribution in [2.24, 2.45) is 0 Å². The van der Waals surface area contributed by atoms with E-state index in [9.17, 15) is 5.11 Å². The van der Waals surface area contributed by atoms with Gasteiger partial charge in [0.05, 0.1) is 19.4 Å². The summed E-state index contributed by atoms with van der Waals surface area (Å²) >= 11 is 0. The van der Waals surface area contributed by atoms with Gasteiger partial charge in [-0.15, -0.1) is 0 Å². The van der Waals surface area contributed by atoms with Crippen LogP contribution in [-0.2, 0) is 25.2 Å². The zero-order valence-corrected chi connectivity index (χ0v) is 15.0. The molecule has 0 aliphatic heterocycles. The Morgan fingerprint density at radius 1 is 0.960 bits per heavy atom. The van der Waals surface area contributed by atoms with Crippen LogP contribution in [0.5, 0.6) is 0 Å². The molecule has 0 atom stereocenters. The molecule has 132 valence electrons. The Hall–Kier alpha value is -2.30. The minimum atomic E-state index is -0.972. The summed E-state index contributed by atoms with van der Waals surface area (Å²) in [6.07, 6.45) is 1.69. The van der Waals surface area contributed by atoms with Gasteiger partial charge in [0.2, 0.25) is 0 Å². The maximum Gasteiger partial charge on any atom is 0.135 e. The van der Waals surface area contributed by atoms with Crippen molar-refractivity contribution in [3.05, 3.63) is 83.2 Å². The summed E-state index contributed by atoms with van der Waals surface area (Å²) in [6, 6.07) is 16.2. The number of nitrogens with zero attached hydrogens (tertiary/aromatic N) is 1. The Balaban J connectivity index is 1.77. The van der Waals surface area contributed by atoms with Gasteiger partial charge in [-0.2, -0.15) is 0 Å². The first kappa shape index (κ1) is 17.5. The van der Waals surface area contributed by atoms with Gasteiger partial charge >= 0.3 is 0 Å². The van der Waals surface area contributed by atoms with Crippen molar-refractivity contribution >= 4 is 0 Å². The van der Waals surface area contributed by atoms with Crippen LogP contribution in [0.3, 0.4) is 0 Å². The first-order valence-electron chi connectivity index (χ1n) is 8.52. The molecule has 0 amide bonds. The van der Waals surface area contributed by atoms with Crippen LogP contribution in [0.1, 0.15) is 42.3 Å². The van der Waals surface area contributed by atoms with Crippen LogP contribution < -0.4 is 0 Å². The largest absolute Gasteiger partial charge is 0.468 e. The number of aryl methyl sites for hydroxylation is 1. The van der Waals surface area contributed by atoms with E-state index in [0.29, 0.717) is 18.8 Å². The third-order valence-electron chi connectivity index (χ3n) is 4.09. The molecule has 0 saturated carbocycles. The van der Waals surface area contributed by atoms with Gasteiger partial charge in [0.1, 0.15) is 22.9 Å². The van der Waals surface area contributed by atoms with Crippen LogP contribution in [-0.4, -0.2) is 10.0 Å². The van der Waals surface area contributed by atoms with Gasteiger partial charge in [0.15, 0.2) is 0 Å². The van der Waals surface area contributed by atoms with Gasteiger partial charge in [0.25, 0.3) is 0 Å². The van der Waals surface area contributed by atoms with Crippen molar-refractivity contribution in [1.82, 2.24) is 4.90 Å². The number of hydrogen-bond acceptors (Lipinski definition) is 4. The van der Waals surface area contributed by atoms with E-state index in [1.807, 2.05) is 24.3 Å². The highest BCUT2D eigenvalue weighted by atomic mass is 16.4. The minimum Gasteiger partial charge on any atom is -0.468 e. The summed E-state index contributed by atoms with van der Waals surface area (Å²) in [5.74, 6) is 2.33. The quantitative estimate of drug-likeness (QED) is 0.683. The highest BCUT2D eigenvalue weighted by molar-refractivity contribution is 5.22. The molecule has 0 saturated heterocycles. The smallest absolute Gasteiger partial charge is 0.135 e. The minimum absolute atomic E-state index is 0.580. The van der Waals surface area contributed by atoms with Gasteiger partial charge in [-0.1, -0.05) is 29.8 Å². The monoisotopic (exact) mass is 339 g/mol. The molecule has 3 aromatic rings. The molecule has 1 N–H and O–H groups in total. The second kappa shape index (κ2) is 7.30. The second-order valence-corrected chi connectivity index (χ2v) is 7.04. The third kappa shape index (κ3) is 4.84. The van der Waals surface area contributed by atoms with Crippen LogP contribution in [0.2, 0.25) is 0 Å². The van der Waals surface area contributed by atoms with E-state index in [1.54, 1.807) is 20.1 Å². The summed E-state index contributed by atoms with van der Waals surface area (Å²) < 4.78 is 11.3. The lowest BCUT2D eigenvalue weighted by Gasteiger charge is -2.21. The standard InChI is InChI=1S/C21H25NO3/c1-16-6-4-7-17(12-16)13-22(14-18-8-5-11-24-18)15-19-9-10-20(25-19)21(2,3)23/h4-12,23H,13-15H2,1-3H3. The van der Waals surface area contributed by atoms with E-state index in [4.69, 9.17) is 8.83 Å². The fraction of sp³-hybridized carbons (Fsp3) is 0.333. The summed E-state index contributed by atoms with van der Waals surface area (Å²) in [4.78, 5) is 2.26. The van der Waals surface area contributed by atoms with Crippen LogP contribution in [0, 0.1) is 6.92 Å². The third-order valence-corrected chi connectivity index (χ3v) is 4.09. The van der Waals surface area contributed by atoms with Crippen molar-refractivity contribution in [1.29, 1.82) is 0 Å². The highest BCUT2D eigenvalue weighted by Crippen LogP contribution is 2.23. The van der Waals surface area contributed by atoms with Crippen LogP contribution in [0.15, 0.2) is 63.6 Å². The number of benzene rings is 1. The zero-order chi connectivity index (χ0) is 17.9. The highest BCUT2D eigenvalue weighted by Gasteiger charge is 2.21. The fourth-order valence-corrected chi connectivity index (χ4v) is 2.87. The SMILES string of the molecule is Cc1cccc(CN(Cc2ccco2)Cc2ccc(C(C)(C)O)o2)c1. The molecule has 0 bridgehead atoms. The number of aliphatic hydroxyl groups is 1. The molecule has 1 aromatic carbocycles. The summed E-state index contributed by atoms with van der Waals surface area (Å²) in [6.45, 7) is 7.68. The molecular formula is C21H25NO3. The van der Waals surface area contributed by atoms with Crippen LogP contribution in [0.25, 0.3) is 0 Å². The molecule has 4 heteroatoms. The van der Waals surface area contributed by atoms with E-state index >= 15 is 0 Å². The Bertz CT molecular complexity index is 797. The Kier molecular flexibility index (Phi) is 5.11. The Labute approximate surface area is 148 Å². The molecule has 3 rings (SSSR count). The van der Waals surface area contributed by atoms with E-state index in [0.717, 1.165) is 18.1 Å². The maximum absolute atomic E-state index is 10.1. The van der Waals surface area contributed by atoms with Crippen molar-refractivity contribution in [2.75, 3.05) is 0 Å². The number of hydrogen-bond donors (Lipinski definition) is 1. The molecule has 0 aliphatic rings. The molecule has 0 spiro atoms. The predicted molar refractivity (Wildman–Crippen MR) is 96.8 cm³/mol. The molecule has 0 aliphatic carbocycles. The fourth-order valence-electron chi connectivity index (χ4n) is 2.87. The summed E-state index contributed by atoms with van der Waals surface area (Å²) in [7, 11) is 0. The molecular weight excluding hydrogens is 314 g/mol. The van der Waals surface area contributed by atoms with E-state index in [1.165, 1.54) is 11.1 Å². The molecule has 0 radical (unpaired) electrons. The van der Waals surface area contributed by atoms with Gasteiger partial charge in [-0.05, 0) is 50.6 Å². The van der Waals surface area contributed by atoms with Gasteiger partial charge in [-0.3, -0.25) is 4.90 Å². The maximum atomic E-state index is 10.1. The number of rotatable bonds is 7. The van der Waals surface area contributed by atoms with E-state index < -0.39 is 5.60 Å². The van der Waals surface area contributed by atoms with Crippen molar-refractivity contribution < 1.29 is 13.9 Å². The second-order valence-electron chi connectivity index (χ2n) is 7.04. The van der Waals surface area contributed by atoms with Gasteiger partial charge in [-0.25, -0.2) is 0 Å². The molecule has 25 heavy (non-hydrogen) atoms. The van der Waals surface area contributed by atoms with Gasteiger partial charge in [0, 0.05) is 6.54 Å². The van der Waals surface area contributed by atoms with Crippen molar-refractivity contribution in [2.45, 2.75) is 46.0 Å². The molecule has 2 heterocycles. The lowest BCUT2D eigenvalue weighted by atomic mass is 10.1. The van der Waals surface area contributed by atoms with E-state index in [2.05, 4.69) is 36.1 Å². The molecule has 2 aromatic heterocycles. The summed E-state index contributed by atoms with van der Waals surface area (Å²) in [5.41, 5.74) is 1.53. The van der Waals surface area contributed by atoms with Crippen molar-refractivity contribution in [3.63, 3.8) is 0 Å². The van der Waals surface area contributed by atoms with Crippen molar-refractivity contribution in [3.8, 4) is 0 Å². The summed E-state index contributed by atoms with van der Waals surface area (Å²) in [5, 5.41) is 10.1. The topological polar surface area (TPSA) is 49.8 Å². The normalized spacial score (nSPS) is 12.0. The van der Waals surface area contributed by atoms with Crippen LogP contribution in [0.4, 0.5) is 0 Å². The average molecular weight is 339 g/mol. The Morgan fingerprint density at radius 2 is 1.76 bits per heavy atom. The Morgan fingerprint density at radius 3 is 2.40 bits per heavy atom. The molecule has 0 fully saturated rings. The lowest BCUT2D eigenvalue weighted by molar-refractivity contribution is 0.0514. The molecule has 0 unspecified atom stereocenters. The predicted octanol–water partition coefficient (Wildman–Crippen LogP) is 4.61. The number of furan rings is 2. The average Bonchev–Trinajstić information content (AvgIpc) is 3.18. The first-order valence-corrected chi connectivity index (χ1v) is 8.52. The zero-order valence-electron chi connectivity index (χ0n) is 15.0. The van der Waals surface area contributed by atoms with E-state index in [-0.39, 0.29) is 0 Å². The lowest BCUT2D eigenvalue weighted by Crippen LogP contribution is -2.22. The molecule has 4 nitrogen and oxygen atoms in total. The van der Waals surface area contributed by atoms with Gasteiger partial charge < -0.3 is 13.9 Å². The van der Waals surface area contributed by atoms with Crippen LogP contribution >= 0.6 is 0 Å².